The molecule has 0 aromatic heterocycles. The fourth-order valence-electron chi connectivity index (χ4n) is 1.39. The predicted molar refractivity (Wildman–Crippen MR) is 57.6 cm³/mol. The Bertz CT molecular complexity index is 334. The first-order valence-electron chi connectivity index (χ1n) is 5.04. The summed E-state index contributed by atoms with van der Waals surface area (Å²) in [6.07, 6.45) is 0.885. The zero-order chi connectivity index (χ0) is 11.5. The van der Waals surface area contributed by atoms with Crippen LogP contribution in [0.15, 0.2) is 18.2 Å². The Balaban J connectivity index is 2.95. The molecule has 0 radical (unpaired) electrons. The first kappa shape index (κ1) is 12.0. The SMILES string of the molecule is CCC(C)(O)Cc1cccc(OC)c1F. The molecule has 2 nitrogen and oxygen atoms in total. The molecule has 1 N–H and O–H groups in total. The van der Waals surface area contributed by atoms with Gasteiger partial charge in [-0.3, -0.25) is 0 Å². The molecule has 84 valence electrons. The number of halogens is 1. The predicted octanol–water partition coefficient (Wildman–Crippen LogP) is 2.54. The van der Waals surface area contributed by atoms with Crippen LogP contribution in [-0.4, -0.2) is 17.8 Å². The second kappa shape index (κ2) is 4.62. The van der Waals surface area contributed by atoms with Crippen molar-refractivity contribution in [3.8, 4) is 5.75 Å². The number of hydrogen-bond donors (Lipinski definition) is 1. The zero-order valence-electron chi connectivity index (χ0n) is 9.38. The second-order valence-electron chi connectivity index (χ2n) is 3.96. The van der Waals surface area contributed by atoms with Gasteiger partial charge in [-0.25, -0.2) is 4.39 Å². The molecule has 0 saturated heterocycles. The lowest BCUT2D eigenvalue weighted by molar-refractivity contribution is 0.0555. The summed E-state index contributed by atoms with van der Waals surface area (Å²) in [4.78, 5) is 0. The van der Waals surface area contributed by atoms with E-state index in [2.05, 4.69) is 0 Å². The molecular formula is C12H17FO2. The molecule has 1 unspecified atom stereocenters. The van der Waals surface area contributed by atoms with Gasteiger partial charge in [0.25, 0.3) is 0 Å². The largest absolute Gasteiger partial charge is 0.494 e. The summed E-state index contributed by atoms with van der Waals surface area (Å²) in [6, 6.07) is 4.96. The Kier molecular flexibility index (Phi) is 3.69. The van der Waals surface area contributed by atoms with Crippen LogP contribution in [0.4, 0.5) is 4.39 Å². The van der Waals surface area contributed by atoms with Crippen LogP contribution in [0.2, 0.25) is 0 Å². The summed E-state index contributed by atoms with van der Waals surface area (Å²) in [7, 11) is 1.43. The highest BCUT2D eigenvalue weighted by atomic mass is 19.1. The van der Waals surface area contributed by atoms with Crippen molar-refractivity contribution in [1.82, 2.24) is 0 Å². The van der Waals surface area contributed by atoms with Crippen LogP contribution in [0.5, 0.6) is 5.75 Å². The van der Waals surface area contributed by atoms with E-state index in [1.807, 2.05) is 6.92 Å². The van der Waals surface area contributed by atoms with E-state index in [0.717, 1.165) is 0 Å². The minimum atomic E-state index is -0.868. The summed E-state index contributed by atoms with van der Waals surface area (Å²) < 4.78 is 18.6. The summed E-state index contributed by atoms with van der Waals surface area (Å²) in [6.45, 7) is 3.57. The third kappa shape index (κ3) is 2.93. The molecule has 0 aliphatic rings. The average molecular weight is 212 g/mol. The number of methoxy groups -OCH3 is 1. The molecule has 0 amide bonds. The quantitative estimate of drug-likeness (QED) is 0.831. The Morgan fingerprint density at radius 2 is 2.13 bits per heavy atom. The molecule has 0 heterocycles. The van der Waals surface area contributed by atoms with Gasteiger partial charge in [-0.1, -0.05) is 19.1 Å². The van der Waals surface area contributed by atoms with E-state index in [1.54, 1.807) is 25.1 Å². The highest BCUT2D eigenvalue weighted by molar-refractivity contribution is 5.31. The van der Waals surface area contributed by atoms with Crippen molar-refractivity contribution in [3.05, 3.63) is 29.6 Å². The van der Waals surface area contributed by atoms with Gasteiger partial charge in [-0.15, -0.1) is 0 Å². The van der Waals surface area contributed by atoms with E-state index < -0.39 is 5.60 Å². The molecule has 0 aliphatic carbocycles. The molecule has 3 heteroatoms. The fraction of sp³-hybridized carbons (Fsp3) is 0.500. The van der Waals surface area contributed by atoms with Gasteiger partial charge in [-0.05, 0) is 25.0 Å². The van der Waals surface area contributed by atoms with Crippen molar-refractivity contribution < 1.29 is 14.2 Å². The fourth-order valence-corrected chi connectivity index (χ4v) is 1.39. The van der Waals surface area contributed by atoms with Gasteiger partial charge in [0, 0.05) is 6.42 Å². The van der Waals surface area contributed by atoms with Crippen LogP contribution in [-0.2, 0) is 6.42 Å². The van der Waals surface area contributed by atoms with E-state index >= 15 is 0 Å². The normalized spacial score (nSPS) is 14.7. The maximum atomic E-state index is 13.7. The van der Waals surface area contributed by atoms with E-state index in [9.17, 15) is 9.50 Å². The van der Waals surface area contributed by atoms with Gasteiger partial charge in [0.15, 0.2) is 11.6 Å². The highest BCUT2D eigenvalue weighted by Gasteiger charge is 2.21. The van der Waals surface area contributed by atoms with Crippen molar-refractivity contribution >= 4 is 0 Å². The first-order valence-corrected chi connectivity index (χ1v) is 5.04. The van der Waals surface area contributed by atoms with Crippen molar-refractivity contribution in [2.24, 2.45) is 0 Å². The molecule has 0 spiro atoms. The molecule has 0 aliphatic heterocycles. The smallest absolute Gasteiger partial charge is 0.168 e. The summed E-state index contributed by atoms with van der Waals surface area (Å²) in [5.74, 6) is -0.159. The van der Waals surface area contributed by atoms with Crippen LogP contribution < -0.4 is 4.74 Å². The van der Waals surface area contributed by atoms with Gasteiger partial charge in [0.1, 0.15) is 0 Å². The Morgan fingerprint density at radius 3 is 2.67 bits per heavy atom. The van der Waals surface area contributed by atoms with Crippen LogP contribution >= 0.6 is 0 Å². The average Bonchev–Trinajstić information content (AvgIpc) is 2.21. The standard InChI is InChI=1S/C12H17FO2/c1-4-12(2,14)8-9-6-5-7-10(15-3)11(9)13/h5-7,14H,4,8H2,1-3H3. The van der Waals surface area contributed by atoms with E-state index in [-0.39, 0.29) is 11.6 Å². The zero-order valence-corrected chi connectivity index (χ0v) is 9.38. The number of aliphatic hydroxyl groups is 1. The monoisotopic (exact) mass is 212 g/mol. The molecule has 0 bridgehead atoms. The lowest BCUT2D eigenvalue weighted by Gasteiger charge is -2.21. The minimum Gasteiger partial charge on any atom is -0.494 e. The van der Waals surface area contributed by atoms with Crippen molar-refractivity contribution in [1.29, 1.82) is 0 Å². The van der Waals surface area contributed by atoms with Crippen molar-refractivity contribution in [2.45, 2.75) is 32.3 Å². The second-order valence-corrected chi connectivity index (χ2v) is 3.96. The molecule has 1 atom stereocenters. The van der Waals surface area contributed by atoms with Gasteiger partial charge >= 0.3 is 0 Å². The summed E-state index contributed by atoms with van der Waals surface area (Å²) in [5, 5.41) is 9.86. The van der Waals surface area contributed by atoms with Crippen LogP contribution in [0, 0.1) is 5.82 Å². The summed E-state index contributed by atoms with van der Waals surface area (Å²) in [5.41, 5.74) is -0.381. The number of rotatable bonds is 4. The molecule has 0 saturated carbocycles. The van der Waals surface area contributed by atoms with Gasteiger partial charge in [-0.2, -0.15) is 0 Å². The molecule has 15 heavy (non-hydrogen) atoms. The van der Waals surface area contributed by atoms with Gasteiger partial charge in [0.05, 0.1) is 12.7 Å². The van der Waals surface area contributed by atoms with E-state index in [4.69, 9.17) is 4.74 Å². The Hall–Kier alpha value is -1.09. The summed E-state index contributed by atoms with van der Waals surface area (Å²) >= 11 is 0. The lowest BCUT2D eigenvalue weighted by Crippen LogP contribution is -2.26. The molecule has 1 aromatic carbocycles. The molecule has 1 rings (SSSR count). The highest BCUT2D eigenvalue weighted by Crippen LogP contribution is 2.24. The van der Waals surface area contributed by atoms with Crippen molar-refractivity contribution in [2.75, 3.05) is 7.11 Å². The van der Waals surface area contributed by atoms with Gasteiger partial charge in [0.2, 0.25) is 0 Å². The maximum absolute atomic E-state index is 13.7. The third-order valence-electron chi connectivity index (χ3n) is 2.60. The van der Waals surface area contributed by atoms with E-state index in [0.29, 0.717) is 18.4 Å². The first-order chi connectivity index (χ1) is 7.00. The molecule has 1 aromatic rings. The minimum absolute atomic E-state index is 0.222. The van der Waals surface area contributed by atoms with Crippen LogP contribution in [0.1, 0.15) is 25.8 Å². The van der Waals surface area contributed by atoms with Crippen LogP contribution in [0.3, 0.4) is 0 Å². The third-order valence-corrected chi connectivity index (χ3v) is 2.60. The van der Waals surface area contributed by atoms with Crippen LogP contribution in [0.25, 0.3) is 0 Å². The number of ether oxygens (including phenoxy) is 1. The Morgan fingerprint density at radius 1 is 1.47 bits per heavy atom. The molecular weight excluding hydrogens is 195 g/mol. The maximum Gasteiger partial charge on any atom is 0.168 e. The lowest BCUT2D eigenvalue weighted by atomic mass is 9.94. The molecule has 0 fully saturated rings. The van der Waals surface area contributed by atoms with Crippen molar-refractivity contribution in [3.63, 3.8) is 0 Å². The topological polar surface area (TPSA) is 29.5 Å². The number of benzene rings is 1. The van der Waals surface area contributed by atoms with Gasteiger partial charge < -0.3 is 9.84 Å². The Labute approximate surface area is 89.7 Å². The number of hydrogen-bond acceptors (Lipinski definition) is 2. The van der Waals surface area contributed by atoms with E-state index in [1.165, 1.54) is 7.11 Å².